The fraction of sp³-hybridized carbons (Fsp3) is 0.333. The van der Waals surface area contributed by atoms with E-state index in [1.165, 1.54) is 34.1 Å². The van der Waals surface area contributed by atoms with Crippen LogP contribution in [0.3, 0.4) is 0 Å². The van der Waals surface area contributed by atoms with Crippen molar-refractivity contribution in [3.8, 4) is 5.69 Å². The molecule has 1 aromatic carbocycles. The van der Waals surface area contributed by atoms with Gasteiger partial charge in [-0.2, -0.15) is 14.8 Å². The third-order valence-corrected chi connectivity index (χ3v) is 5.91. The molecule has 136 valence electrons. The molecule has 1 fully saturated rings. The number of amides is 1. The number of carboxylic acids is 1. The molecule has 11 heteroatoms. The van der Waals surface area contributed by atoms with Gasteiger partial charge in [-0.15, -0.1) is 0 Å². The summed E-state index contributed by atoms with van der Waals surface area (Å²) in [6.45, 7) is 0.557. The Hall–Kier alpha value is -2.95. The Balaban J connectivity index is 1.70. The topological polar surface area (TPSA) is 134 Å². The van der Waals surface area contributed by atoms with Gasteiger partial charge >= 0.3 is 5.97 Å². The zero-order chi connectivity index (χ0) is 18.5. The fourth-order valence-electron chi connectivity index (χ4n) is 3.25. The summed E-state index contributed by atoms with van der Waals surface area (Å²) in [5.41, 5.74) is 0.485. The van der Waals surface area contributed by atoms with Gasteiger partial charge < -0.3 is 10.0 Å². The molecule has 0 spiro atoms. The van der Waals surface area contributed by atoms with E-state index in [-0.39, 0.29) is 23.0 Å². The van der Waals surface area contributed by atoms with Crippen molar-refractivity contribution < 1.29 is 23.1 Å². The Kier molecular flexibility index (Phi) is 3.68. The zero-order valence-electron chi connectivity index (χ0n) is 13.5. The van der Waals surface area contributed by atoms with Gasteiger partial charge in [-0.05, 0) is 31.0 Å². The lowest BCUT2D eigenvalue weighted by molar-refractivity contribution is -0.143. The first-order valence-electron chi connectivity index (χ1n) is 7.96. The Morgan fingerprint density at radius 1 is 1.31 bits per heavy atom. The molecule has 2 aromatic rings. The van der Waals surface area contributed by atoms with Crippen molar-refractivity contribution in [1.82, 2.24) is 19.7 Å². The predicted molar refractivity (Wildman–Crippen MR) is 88.4 cm³/mol. The molecule has 1 unspecified atom stereocenters. The molecule has 26 heavy (non-hydrogen) atoms. The lowest BCUT2D eigenvalue weighted by atomic mass is 9.97. The maximum absolute atomic E-state index is 12.7. The average Bonchev–Trinajstić information content (AvgIpc) is 3.08. The predicted octanol–water partition coefficient (Wildman–Crippen LogP) is 0.318. The number of hydrogen-bond acceptors (Lipinski definition) is 6. The molecule has 2 aliphatic rings. The van der Waals surface area contributed by atoms with Crippen molar-refractivity contribution in [3.05, 3.63) is 30.1 Å². The van der Waals surface area contributed by atoms with Gasteiger partial charge in [-0.1, -0.05) is 0 Å². The Morgan fingerprint density at radius 3 is 2.88 bits per heavy atom. The first-order chi connectivity index (χ1) is 12.4. The number of carbonyl (C=O) groups excluding carboxylic acids is 1. The Labute approximate surface area is 148 Å². The van der Waals surface area contributed by atoms with E-state index in [4.69, 9.17) is 5.11 Å². The molecule has 0 saturated carbocycles. The summed E-state index contributed by atoms with van der Waals surface area (Å²) < 4.78 is 28.5. The second-order valence-corrected chi connectivity index (χ2v) is 7.86. The number of carboxylic acid groups (broad SMARTS) is 1. The van der Waals surface area contributed by atoms with Crippen molar-refractivity contribution in [1.29, 1.82) is 0 Å². The minimum atomic E-state index is -3.87. The lowest BCUT2D eigenvalue weighted by Gasteiger charge is -2.31. The molecule has 1 aromatic heterocycles. The van der Waals surface area contributed by atoms with Crippen molar-refractivity contribution >= 4 is 27.8 Å². The molecule has 3 heterocycles. The van der Waals surface area contributed by atoms with E-state index in [9.17, 15) is 18.0 Å². The van der Waals surface area contributed by atoms with Gasteiger partial charge in [0, 0.05) is 18.7 Å². The normalized spacial score (nSPS) is 20.6. The molecular weight excluding hydrogens is 362 g/mol. The summed E-state index contributed by atoms with van der Waals surface area (Å²) in [6, 6.07) is 4.30. The number of hydrogen-bond donors (Lipinski definition) is 2. The molecular formula is C15H15N5O5S. The highest BCUT2D eigenvalue weighted by atomic mass is 32.2. The highest BCUT2D eigenvalue weighted by molar-refractivity contribution is 7.93. The smallest absolute Gasteiger partial charge is 0.308 e. The van der Waals surface area contributed by atoms with E-state index >= 15 is 0 Å². The molecule has 0 bridgehead atoms. The number of sulfonamides is 1. The average molecular weight is 377 g/mol. The van der Waals surface area contributed by atoms with Crippen LogP contribution in [0.5, 0.6) is 0 Å². The third kappa shape index (κ3) is 2.60. The second-order valence-electron chi connectivity index (χ2n) is 6.21. The molecule has 1 atom stereocenters. The standard InChI is InChI=1S/C15H15N5O5S/c21-13(19-5-1-2-10(7-19)14(22)23)9-3-4-11-12(6-9)26(24,25)18-15-16-8-17-20(11)15/h3-4,6,8,10H,1-2,5,7H2,(H,22,23)(H,16,17,18). The number of anilines is 1. The summed E-state index contributed by atoms with van der Waals surface area (Å²) in [4.78, 5) is 29.1. The summed E-state index contributed by atoms with van der Waals surface area (Å²) in [6.07, 6.45) is 2.35. The minimum Gasteiger partial charge on any atom is -0.481 e. The molecule has 2 N–H and O–H groups in total. The highest BCUT2D eigenvalue weighted by Gasteiger charge is 2.32. The maximum Gasteiger partial charge on any atom is 0.308 e. The monoisotopic (exact) mass is 377 g/mol. The number of piperidine rings is 1. The number of carbonyl (C=O) groups is 2. The van der Waals surface area contributed by atoms with E-state index in [0.717, 1.165) is 0 Å². The van der Waals surface area contributed by atoms with Crippen molar-refractivity contribution in [2.24, 2.45) is 5.92 Å². The van der Waals surface area contributed by atoms with Crippen LogP contribution in [0.4, 0.5) is 5.95 Å². The quantitative estimate of drug-likeness (QED) is 0.769. The van der Waals surface area contributed by atoms with Crippen LogP contribution in [0.1, 0.15) is 23.2 Å². The van der Waals surface area contributed by atoms with Crippen LogP contribution in [0.25, 0.3) is 5.69 Å². The molecule has 1 amide bonds. The number of fused-ring (bicyclic) bond motifs is 3. The largest absolute Gasteiger partial charge is 0.481 e. The number of rotatable bonds is 2. The number of aliphatic carboxylic acids is 1. The van der Waals surface area contributed by atoms with Gasteiger partial charge in [-0.25, -0.2) is 13.1 Å². The maximum atomic E-state index is 12.7. The van der Waals surface area contributed by atoms with Gasteiger partial charge in [0.05, 0.1) is 11.6 Å². The van der Waals surface area contributed by atoms with Crippen LogP contribution in [-0.2, 0) is 14.8 Å². The molecule has 2 aliphatic heterocycles. The third-order valence-electron chi connectivity index (χ3n) is 4.56. The van der Waals surface area contributed by atoms with E-state index in [1.54, 1.807) is 0 Å². The SMILES string of the molecule is O=C(O)C1CCCN(C(=O)c2ccc3c(c2)S(=O)(=O)Nc2ncnn2-3)C1. The molecule has 1 saturated heterocycles. The van der Waals surface area contributed by atoms with Crippen molar-refractivity contribution in [3.63, 3.8) is 0 Å². The summed E-state index contributed by atoms with van der Waals surface area (Å²) in [5, 5.41) is 13.1. The molecule has 0 radical (unpaired) electrons. The zero-order valence-corrected chi connectivity index (χ0v) is 14.3. The fourth-order valence-corrected chi connectivity index (χ4v) is 4.45. The van der Waals surface area contributed by atoms with Crippen LogP contribution in [0, 0.1) is 5.92 Å². The first kappa shape index (κ1) is 16.5. The molecule has 4 rings (SSSR count). The number of likely N-dealkylation sites (tertiary alicyclic amines) is 1. The first-order valence-corrected chi connectivity index (χ1v) is 9.44. The van der Waals surface area contributed by atoms with Crippen LogP contribution in [-0.4, -0.2) is 58.2 Å². The molecule has 0 aliphatic carbocycles. The van der Waals surface area contributed by atoms with E-state index in [0.29, 0.717) is 25.1 Å². The number of nitrogens with one attached hydrogen (secondary N) is 1. The summed E-state index contributed by atoms with van der Waals surface area (Å²) in [7, 11) is -3.87. The van der Waals surface area contributed by atoms with Crippen LogP contribution in [0.2, 0.25) is 0 Å². The van der Waals surface area contributed by atoms with Crippen LogP contribution in [0.15, 0.2) is 29.4 Å². The van der Waals surface area contributed by atoms with Gasteiger partial charge in [0.1, 0.15) is 11.2 Å². The minimum absolute atomic E-state index is 0.0758. The van der Waals surface area contributed by atoms with Crippen molar-refractivity contribution in [2.75, 3.05) is 17.8 Å². The number of nitrogens with zero attached hydrogens (tertiary/aromatic N) is 4. The van der Waals surface area contributed by atoms with Gasteiger partial charge in [-0.3, -0.25) is 9.59 Å². The Bertz CT molecular complexity index is 1020. The van der Waals surface area contributed by atoms with Gasteiger partial charge in [0.2, 0.25) is 5.95 Å². The lowest BCUT2D eigenvalue weighted by Crippen LogP contribution is -2.42. The summed E-state index contributed by atoms with van der Waals surface area (Å²) >= 11 is 0. The number of aromatic nitrogens is 3. The van der Waals surface area contributed by atoms with E-state index < -0.39 is 27.8 Å². The van der Waals surface area contributed by atoms with Crippen LogP contribution >= 0.6 is 0 Å². The van der Waals surface area contributed by atoms with Gasteiger partial charge in [0.25, 0.3) is 15.9 Å². The van der Waals surface area contributed by atoms with E-state index in [2.05, 4.69) is 14.8 Å². The van der Waals surface area contributed by atoms with E-state index in [1.807, 2.05) is 0 Å². The highest BCUT2D eigenvalue weighted by Crippen LogP contribution is 2.30. The van der Waals surface area contributed by atoms with Gasteiger partial charge in [0.15, 0.2) is 0 Å². The summed E-state index contributed by atoms with van der Waals surface area (Å²) in [5.74, 6) is -1.85. The van der Waals surface area contributed by atoms with Crippen LogP contribution < -0.4 is 4.72 Å². The molecule has 10 nitrogen and oxygen atoms in total. The number of benzene rings is 1. The Morgan fingerprint density at radius 2 is 2.12 bits per heavy atom. The second kappa shape index (κ2) is 5.80. The van der Waals surface area contributed by atoms with Crippen molar-refractivity contribution in [2.45, 2.75) is 17.7 Å².